The third-order valence-electron chi connectivity index (χ3n) is 4.96. The Labute approximate surface area is 157 Å². The van der Waals surface area contributed by atoms with Crippen LogP contribution in [0.4, 0.5) is 0 Å². The van der Waals surface area contributed by atoms with Crippen LogP contribution in [0.1, 0.15) is 35.2 Å². The smallest absolute Gasteiger partial charge is 0.134 e. The molecule has 8 heteroatoms. The van der Waals surface area contributed by atoms with Gasteiger partial charge in [-0.25, -0.2) is 0 Å². The monoisotopic (exact) mass is 374 g/mol. The summed E-state index contributed by atoms with van der Waals surface area (Å²) < 4.78 is 9.07. The van der Waals surface area contributed by atoms with Crippen molar-refractivity contribution >= 4 is 11.6 Å². The van der Waals surface area contributed by atoms with E-state index >= 15 is 0 Å². The fraction of sp³-hybridized carbons (Fsp3) is 0.500. The second-order valence-corrected chi connectivity index (χ2v) is 7.47. The van der Waals surface area contributed by atoms with Gasteiger partial charge in [0.2, 0.25) is 0 Å². The molecule has 1 fully saturated rings. The first-order chi connectivity index (χ1) is 12.4. The second-order valence-electron chi connectivity index (χ2n) is 7.11. The van der Waals surface area contributed by atoms with Crippen molar-refractivity contribution in [2.45, 2.75) is 39.8 Å². The molecule has 26 heavy (non-hydrogen) atoms. The largest absolute Gasteiger partial charge is 0.361 e. The van der Waals surface area contributed by atoms with Gasteiger partial charge in [-0.05, 0) is 33.3 Å². The summed E-state index contributed by atoms with van der Waals surface area (Å²) in [6, 6.07) is 4.42. The number of aryl methyl sites for hydroxylation is 4. The van der Waals surface area contributed by atoms with Crippen molar-refractivity contribution < 1.29 is 4.52 Å². The number of rotatable bonds is 4. The Kier molecular flexibility index (Phi) is 4.36. The number of aromatic nitrogens is 5. The predicted molar refractivity (Wildman–Crippen MR) is 99.1 cm³/mol. The van der Waals surface area contributed by atoms with E-state index in [1.54, 1.807) is 4.68 Å². The lowest BCUT2D eigenvalue weighted by molar-refractivity contribution is 0.310. The van der Waals surface area contributed by atoms with Crippen molar-refractivity contribution in [2.24, 2.45) is 7.05 Å². The molecule has 0 N–H and O–H groups in total. The minimum atomic E-state index is 0.400. The fourth-order valence-corrected chi connectivity index (χ4v) is 3.95. The second kappa shape index (κ2) is 6.55. The zero-order valence-electron chi connectivity index (χ0n) is 15.5. The molecule has 0 saturated carbocycles. The quantitative estimate of drug-likeness (QED) is 0.701. The number of hydrogen-bond donors (Lipinski definition) is 0. The molecule has 1 atom stereocenters. The van der Waals surface area contributed by atoms with Gasteiger partial charge in [-0.1, -0.05) is 16.8 Å². The van der Waals surface area contributed by atoms with Crippen LogP contribution in [0.3, 0.4) is 0 Å². The van der Waals surface area contributed by atoms with Gasteiger partial charge < -0.3 is 4.52 Å². The van der Waals surface area contributed by atoms with Crippen molar-refractivity contribution in [3.05, 3.63) is 40.0 Å². The maximum Gasteiger partial charge on any atom is 0.134 e. The van der Waals surface area contributed by atoms with Gasteiger partial charge in [0.1, 0.15) is 22.3 Å². The summed E-state index contributed by atoms with van der Waals surface area (Å²) in [5.41, 5.74) is 4.81. The van der Waals surface area contributed by atoms with Gasteiger partial charge in [-0.15, -0.1) is 0 Å². The first-order valence-corrected chi connectivity index (χ1v) is 9.20. The molecule has 0 aliphatic carbocycles. The summed E-state index contributed by atoms with van der Waals surface area (Å²) in [5, 5.41) is 14.0. The Bertz CT molecular complexity index is 940. The lowest BCUT2D eigenvalue weighted by atomic mass is 10.2. The highest BCUT2D eigenvalue weighted by atomic mass is 35.5. The summed E-state index contributed by atoms with van der Waals surface area (Å²) in [6.07, 6.45) is 1.08. The van der Waals surface area contributed by atoms with Crippen molar-refractivity contribution in [3.63, 3.8) is 0 Å². The van der Waals surface area contributed by atoms with Gasteiger partial charge in [-0.3, -0.25) is 14.3 Å². The molecule has 0 unspecified atom stereocenters. The summed E-state index contributed by atoms with van der Waals surface area (Å²) in [6.45, 7) is 8.73. The maximum absolute atomic E-state index is 6.53. The van der Waals surface area contributed by atoms with Crippen molar-refractivity contribution in [2.75, 3.05) is 13.1 Å². The molecule has 1 aliphatic rings. The molecule has 0 aromatic carbocycles. The standard InChI is InChI=1S/C18H23ClN6O/c1-11-7-12(2)25(20-11)14-5-6-24(9-14)10-15-17(21-23(4)18(15)19)16-8-13(3)26-22-16/h7-8,14H,5-6,9-10H2,1-4H3/t14-/m1/s1. The molecule has 0 bridgehead atoms. The Hall–Kier alpha value is -2.12. The van der Waals surface area contributed by atoms with Crippen LogP contribution in [0.5, 0.6) is 0 Å². The first-order valence-electron chi connectivity index (χ1n) is 8.82. The minimum Gasteiger partial charge on any atom is -0.361 e. The Morgan fingerprint density at radius 3 is 2.69 bits per heavy atom. The average molecular weight is 375 g/mol. The molecule has 0 amide bonds. The van der Waals surface area contributed by atoms with Gasteiger partial charge in [0.15, 0.2) is 0 Å². The highest BCUT2D eigenvalue weighted by molar-refractivity contribution is 6.30. The molecule has 4 heterocycles. The zero-order valence-corrected chi connectivity index (χ0v) is 16.3. The molecular weight excluding hydrogens is 352 g/mol. The maximum atomic E-state index is 6.53. The molecule has 1 saturated heterocycles. The van der Waals surface area contributed by atoms with E-state index in [2.05, 4.69) is 37.9 Å². The predicted octanol–water partition coefficient (Wildman–Crippen LogP) is 3.30. The van der Waals surface area contributed by atoms with Crippen LogP contribution >= 0.6 is 11.6 Å². The molecule has 1 aliphatic heterocycles. The van der Waals surface area contributed by atoms with Crippen molar-refractivity contribution in [1.29, 1.82) is 0 Å². The van der Waals surface area contributed by atoms with Crippen LogP contribution in [0.2, 0.25) is 5.15 Å². The number of halogens is 1. The minimum absolute atomic E-state index is 0.400. The van der Waals surface area contributed by atoms with E-state index < -0.39 is 0 Å². The highest BCUT2D eigenvalue weighted by Crippen LogP contribution is 2.31. The third kappa shape index (κ3) is 3.05. The van der Waals surface area contributed by atoms with Gasteiger partial charge in [-0.2, -0.15) is 10.2 Å². The normalized spacial score (nSPS) is 18.1. The summed E-state index contributed by atoms with van der Waals surface area (Å²) >= 11 is 6.53. The van der Waals surface area contributed by atoms with Crippen LogP contribution in [0.25, 0.3) is 11.4 Å². The highest BCUT2D eigenvalue weighted by Gasteiger charge is 2.28. The van der Waals surface area contributed by atoms with Crippen LogP contribution < -0.4 is 0 Å². The van der Waals surface area contributed by atoms with E-state index in [1.165, 1.54) is 5.69 Å². The lowest BCUT2D eigenvalue weighted by Gasteiger charge is -2.17. The van der Waals surface area contributed by atoms with Crippen molar-refractivity contribution in [1.82, 2.24) is 29.6 Å². The lowest BCUT2D eigenvalue weighted by Crippen LogP contribution is -2.22. The van der Waals surface area contributed by atoms with Crippen LogP contribution in [-0.4, -0.2) is 42.7 Å². The summed E-state index contributed by atoms with van der Waals surface area (Å²) in [7, 11) is 1.85. The molecule has 7 nitrogen and oxygen atoms in total. The van der Waals surface area contributed by atoms with Crippen LogP contribution in [0.15, 0.2) is 16.7 Å². The van der Waals surface area contributed by atoms with Gasteiger partial charge in [0.25, 0.3) is 0 Å². The van der Waals surface area contributed by atoms with E-state index in [0.717, 1.165) is 54.5 Å². The van der Waals surface area contributed by atoms with E-state index in [1.807, 2.05) is 27.0 Å². The van der Waals surface area contributed by atoms with Crippen molar-refractivity contribution in [3.8, 4) is 11.4 Å². The Morgan fingerprint density at radius 2 is 2.04 bits per heavy atom. The zero-order chi connectivity index (χ0) is 18.4. The summed E-state index contributed by atoms with van der Waals surface area (Å²) in [5.74, 6) is 0.762. The number of likely N-dealkylation sites (tertiary alicyclic amines) is 1. The third-order valence-corrected chi connectivity index (χ3v) is 5.43. The fourth-order valence-electron chi connectivity index (χ4n) is 3.77. The van der Waals surface area contributed by atoms with Gasteiger partial charge in [0.05, 0.1) is 11.7 Å². The van der Waals surface area contributed by atoms with E-state index in [0.29, 0.717) is 11.2 Å². The van der Waals surface area contributed by atoms with Crippen LogP contribution in [0, 0.1) is 20.8 Å². The SMILES string of the molecule is Cc1cc(C)n([C@@H]2CCN(Cc3c(-c4cc(C)on4)nn(C)c3Cl)C2)n1. The van der Waals surface area contributed by atoms with Gasteiger partial charge in [0, 0.05) is 44.0 Å². The average Bonchev–Trinajstić information content (AvgIpc) is 3.34. The summed E-state index contributed by atoms with van der Waals surface area (Å²) in [4.78, 5) is 2.40. The topological polar surface area (TPSA) is 64.9 Å². The molecule has 138 valence electrons. The molecule has 4 rings (SSSR count). The van der Waals surface area contributed by atoms with E-state index in [9.17, 15) is 0 Å². The molecule has 3 aromatic rings. The van der Waals surface area contributed by atoms with E-state index in [4.69, 9.17) is 16.1 Å². The van der Waals surface area contributed by atoms with Gasteiger partial charge >= 0.3 is 0 Å². The number of hydrogen-bond acceptors (Lipinski definition) is 5. The van der Waals surface area contributed by atoms with E-state index in [-0.39, 0.29) is 0 Å². The molecule has 0 radical (unpaired) electrons. The Morgan fingerprint density at radius 1 is 1.23 bits per heavy atom. The Balaban J connectivity index is 1.56. The first kappa shape index (κ1) is 17.3. The molecule has 3 aromatic heterocycles. The molecule has 0 spiro atoms. The van der Waals surface area contributed by atoms with Crippen LogP contribution in [-0.2, 0) is 13.6 Å². The number of nitrogens with zero attached hydrogens (tertiary/aromatic N) is 6. The molecular formula is C18H23ClN6O.